The van der Waals surface area contributed by atoms with Crippen LogP contribution in [0, 0.1) is 34.0 Å². The summed E-state index contributed by atoms with van der Waals surface area (Å²) in [7, 11) is -3.72. The molecule has 0 bridgehead atoms. The van der Waals surface area contributed by atoms with Crippen LogP contribution in [0.15, 0.2) is 63.7 Å². The van der Waals surface area contributed by atoms with Crippen LogP contribution in [-0.2, 0) is 38.4 Å². The minimum absolute atomic E-state index is 0.00776. The molecule has 0 N–H and O–H groups in total. The first kappa shape index (κ1) is 32.9. The highest BCUT2D eigenvalue weighted by Gasteiger charge is 2.16. The number of esters is 3. The zero-order chi connectivity index (χ0) is 30.8. The van der Waals surface area contributed by atoms with E-state index >= 15 is 0 Å². The lowest BCUT2D eigenvalue weighted by atomic mass is 10.2. The molecular weight excluding hydrogens is 568 g/mol. The van der Waals surface area contributed by atoms with Gasteiger partial charge in [0.15, 0.2) is 9.84 Å². The summed E-state index contributed by atoms with van der Waals surface area (Å²) in [6.45, 7) is 0.103. The number of ether oxygens (including phenoxy) is 3. The van der Waals surface area contributed by atoms with E-state index in [0.717, 1.165) is 0 Å². The quantitative estimate of drug-likeness (QED) is 0.156. The van der Waals surface area contributed by atoms with Gasteiger partial charge < -0.3 is 19.1 Å². The molecule has 0 saturated heterocycles. The monoisotopic (exact) mass is 594 g/mol. The van der Waals surface area contributed by atoms with Crippen LogP contribution < -0.4 is 4.90 Å². The van der Waals surface area contributed by atoms with E-state index in [0.29, 0.717) is 17.1 Å². The van der Waals surface area contributed by atoms with Crippen LogP contribution in [0.1, 0.15) is 19.3 Å². The maximum Gasteiger partial charge on any atom is 0.320 e. The summed E-state index contributed by atoms with van der Waals surface area (Å²) in [4.78, 5) is 36.0. The van der Waals surface area contributed by atoms with Crippen molar-refractivity contribution in [2.24, 2.45) is 10.2 Å². The van der Waals surface area contributed by atoms with Crippen molar-refractivity contribution in [1.29, 1.82) is 15.8 Å². The van der Waals surface area contributed by atoms with Crippen molar-refractivity contribution in [3.05, 3.63) is 48.5 Å². The SMILES string of the molecule is N#CCC(=O)OCCN(CCOC(=O)CC#N)c1ccc(N=Nc2ccc(S(=O)(=O)CCOC(=O)CC#N)cc2)cc1. The number of carbonyl (C=O) groups excluding carboxylic acids is 3. The zero-order valence-corrected chi connectivity index (χ0v) is 23.2. The number of hydrogen-bond acceptors (Lipinski definition) is 14. The van der Waals surface area contributed by atoms with E-state index in [2.05, 4.69) is 10.2 Å². The molecule has 2 aromatic carbocycles. The summed E-state index contributed by atoms with van der Waals surface area (Å²) in [5, 5.41) is 33.8. The first-order valence-corrected chi connectivity index (χ1v) is 14.0. The number of nitriles is 3. The number of nitrogens with zero attached hydrogens (tertiary/aromatic N) is 6. The Morgan fingerprint density at radius 2 is 1.07 bits per heavy atom. The van der Waals surface area contributed by atoms with Gasteiger partial charge in [0.1, 0.15) is 39.1 Å². The fourth-order valence-corrected chi connectivity index (χ4v) is 4.29. The minimum atomic E-state index is -3.72. The highest BCUT2D eigenvalue weighted by Crippen LogP contribution is 2.23. The Kier molecular flexibility index (Phi) is 13.6. The normalized spacial score (nSPS) is 10.6. The van der Waals surface area contributed by atoms with Gasteiger partial charge in [-0.05, 0) is 48.5 Å². The lowest BCUT2D eigenvalue weighted by Gasteiger charge is -2.24. The average Bonchev–Trinajstić information content (AvgIpc) is 2.96. The van der Waals surface area contributed by atoms with Gasteiger partial charge >= 0.3 is 17.9 Å². The summed E-state index contributed by atoms with van der Waals surface area (Å²) in [6, 6.07) is 17.5. The van der Waals surface area contributed by atoms with Crippen LogP contribution in [0.4, 0.5) is 17.1 Å². The Hall–Kier alpha value is -5.33. The van der Waals surface area contributed by atoms with Gasteiger partial charge in [-0.1, -0.05) is 0 Å². The number of sulfone groups is 1. The maximum absolute atomic E-state index is 12.4. The van der Waals surface area contributed by atoms with Crippen LogP contribution in [0.3, 0.4) is 0 Å². The lowest BCUT2D eigenvalue weighted by Crippen LogP contribution is -2.32. The van der Waals surface area contributed by atoms with Gasteiger partial charge in [-0.2, -0.15) is 26.0 Å². The van der Waals surface area contributed by atoms with Crippen LogP contribution >= 0.6 is 0 Å². The molecule has 15 heteroatoms. The van der Waals surface area contributed by atoms with Crippen LogP contribution in [0.5, 0.6) is 0 Å². The summed E-state index contributed by atoms with van der Waals surface area (Å²) in [5.41, 5.74) is 1.56. The number of carbonyl (C=O) groups is 3. The fourth-order valence-electron chi connectivity index (χ4n) is 3.20. The predicted molar refractivity (Wildman–Crippen MR) is 145 cm³/mol. The van der Waals surface area contributed by atoms with Gasteiger partial charge in [0.25, 0.3) is 0 Å². The first-order valence-electron chi connectivity index (χ1n) is 12.4. The molecule has 0 spiro atoms. The molecule has 0 aliphatic rings. The second kappa shape index (κ2) is 17.4. The third-order valence-electron chi connectivity index (χ3n) is 5.23. The van der Waals surface area contributed by atoms with Gasteiger partial charge in [-0.15, -0.1) is 0 Å². The highest BCUT2D eigenvalue weighted by molar-refractivity contribution is 7.91. The van der Waals surface area contributed by atoms with Crippen molar-refractivity contribution in [3.8, 4) is 18.2 Å². The third-order valence-corrected chi connectivity index (χ3v) is 6.92. The van der Waals surface area contributed by atoms with Crippen LogP contribution in [0.2, 0.25) is 0 Å². The topological polar surface area (TPSA) is 212 Å². The van der Waals surface area contributed by atoms with Crippen LogP contribution in [-0.4, -0.2) is 65.0 Å². The van der Waals surface area contributed by atoms with E-state index in [1.807, 2.05) is 0 Å². The summed E-state index contributed by atoms with van der Waals surface area (Å²) < 4.78 is 39.6. The van der Waals surface area contributed by atoms with E-state index in [9.17, 15) is 22.8 Å². The van der Waals surface area contributed by atoms with Crippen molar-refractivity contribution < 1.29 is 37.0 Å². The molecule has 0 amide bonds. The number of azo groups is 1. The molecule has 2 aromatic rings. The number of rotatable bonds is 16. The smallest absolute Gasteiger partial charge is 0.320 e. The minimum Gasteiger partial charge on any atom is -0.464 e. The second-order valence-electron chi connectivity index (χ2n) is 8.18. The Labute approximate surface area is 242 Å². The van der Waals surface area contributed by atoms with E-state index in [1.54, 1.807) is 47.4 Å². The molecule has 0 aliphatic heterocycles. The predicted octanol–water partition coefficient (Wildman–Crippen LogP) is 3.05. The van der Waals surface area contributed by atoms with E-state index in [-0.39, 0.29) is 50.6 Å². The summed E-state index contributed by atoms with van der Waals surface area (Å²) >= 11 is 0. The molecule has 0 aliphatic carbocycles. The Morgan fingerprint density at radius 1 is 0.667 bits per heavy atom. The molecule has 218 valence electrons. The Balaban J connectivity index is 2.01. The zero-order valence-electron chi connectivity index (χ0n) is 22.3. The third kappa shape index (κ3) is 11.8. The lowest BCUT2D eigenvalue weighted by molar-refractivity contribution is -0.143. The molecule has 14 nitrogen and oxygen atoms in total. The standard InChI is InChI=1S/C27H26N6O8S/c28-12-9-25(34)39-17-15-33(16-18-40-26(35)10-13-29)23-5-1-21(2-6-23)31-32-22-3-7-24(8-4-22)42(37,38)20-19-41-27(36)11-14-30/h1-8H,9-11,15-20H2. The maximum atomic E-state index is 12.4. The van der Waals surface area contributed by atoms with Gasteiger partial charge in [0.05, 0.1) is 53.3 Å². The van der Waals surface area contributed by atoms with E-state index < -0.39 is 39.9 Å². The molecule has 0 fully saturated rings. The van der Waals surface area contributed by atoms with Gasteiger partial charge in [0.2, 0.25) is 0 Å². The second-order valence-corrected chi connectivity index (χ2v) is 10.3. The first-order chi connectivity index (χ1) is 20.2. The molecule has 0 atom stereocenters. The molecule has 0 heterocycles. The van der Waals surface area contributed by atoms with Gasteiger partial charge in [-0.3, -0.25) is 14.4 Å². The number of anilines is 1. The van der Waals surface area contributed by atoms with Gasteiger partial charge in [-0.25, -0.2) is 8.42 Å². The molecule has 0 radical (unpaired) electrons. The van der Waals surface area contributed by atoms with Crippen molar-refractivity contribution >= 4 is 44.8 Å². The molecule has 0 aromatic heterocycles. The number of hydrogen-bond donors (Lipinski definition) is 0. The largest absolute Gasteiger partial charge is 0.464 e. The molecule has 0 unspecified atom stereocenters. The number of benzene rings is 2. The molecule has 2 rings (SSSR count). The Morgan fingerprint density at radius 3 is 1.50 bits per heavy atom. The van der Waals surface area contributed by atoms with Crippen molar-refractivity contribution in [3.63, 3.8) is 0 Å². The Bertz CT molecular complexity index is 1450. The average molecular weight is 595 g/mol. The molecule has 0 saturated carbocycles. The summed E-state index contributed by atoms with van der Waals surface area (Å²) in [6.07, 6.45) is -1.19. The van der Waals surface area contributed by atoms with Crippen molar-refractivity contribution in [2.45, 2.75) is 24.2 Å². The van der Waals surface area contributed by atoms with Crippen LogP contribution in [0.25, 0.3) is 0 Å². The highest BCUT2D eigenvalue weighted by atomic mass is 32.2. The van der Waals surface area contributed by atoms with Crippen molar-refractivity contribution in [2.75, 3.05) is 43.6 Å². The van der Waals surface area contributed by atoms with Crippen molar-refractivity contribution in [1.82, 2.24) is 0 Å². The summed E-state index contributed by atoms with van der Waals surface area (Å²) in [5.74, 6) is -2.54. The van der Waals surface area contributed by atoms with E-state index in [1.165, 1.54) is 24.3 Å². The van der Waals surface area contributed by atoms with E-state index in [4.69, 9.17) is 30.0 Å². The van der Waals surface area contributed by atoms with Gasteiger partial charge in [0, 0.05) is 5.69 Å². The molecular formula is C27H26N6O8S. The molecule has 42 heavy (non-hydrogen) atoms. The fraction of sp³-hybridized carbons (Fsp3) is 0.333.